The van der Waals surface area contributed by atoms with Crippen molar-refractivity contribution in [2.24, 2.45) is 4.99 Å². The fourth-order valence-electron chi connectivity index (χ4n) is 3.01. The Hall–Kier alpha value is -2.10. The summed E-state index contributed by atoms with van der Waals surface area (Å²) in [5.74, 6) is 0.802. The van der Waals surface area contributed by atoms with E-state index in [9.17, 15) is 0 Å². The van der Waals surface area contributed by atoms with Crippen LogP contribution in [0.15, 0.2) is 64.0 Å². The maximum absolute atomic E-state index is 6.17. The first-order valence-electron chi connectivity index (χ1n) is 8.20. The van der Waals surface area contributed by atoms with Gasteiger partial charge in [-0.3, -0.25) is 4.99 Å². The molecule has 0 saturated carbocycles. The van der Waals surface area contributed by atoms with Gasteiger partial charge in [-0.2, -0.15) is 0 Å². The fraction of sp³-hybridized carbons (Fsp3) is 0.250. The van der Waals surface area contributed by atoms with Crippen molar-refractivity contribution < 1.29 is 9.15 Å². The smallest absolute Gasteiger partial charge is 0.136 e. The zero-order chi connectivity index (χ0) is 16.4. The molecule has 1 aliphatic rings. The summed E-state index contributed by atoms with van der Waals surface area (Å²) in [5.41, 5.74) is 1.81. The lowest BCUT2D eigenvalue weighted by Gasteiger charge is -2.07. The number of halogens is 1. The summed E-state index contributed by atoms with van der Waals surface area (Å²) in [6.45, 7) is 1.51. The molecule has 2 heterocycles. The molecule has 1 saturated heterocycles. The van der Waals surface area contributed by atoms with E-state index in [1.54, 1.807) is 0 Å². The van der Waals surface area contributed by atoms with E-state index >= 15 is 0 Å². The molecule has 4 heteroatoms. The SMILES string of the molecule is Clc1ccc2oc(-c3ccccc3)cc(=NCC3CCCO3)c2c1. The van der Waals surface area contributed by atoms with Gasteiger partial charge in [-0.1, -0.05) is 41.9 Å². The third-order valence-corrected chi connectivity index (χ3v) is 4.49. The summed E-state index contributed by atoms with van der Waals surface area (Å²) >= 11 is 6.17. The fourth-order valence-corrected chi connectivity index (χ4v) is 3.18. The van der Waals surface area contributed by atoms with Gasteiger partial charge in [0.15, 0.2) is 0 Å². The Morgan fingerprint density at radius 1 is 1.08 bits per heavy atom. The second-order valence-corrected chi connectivity index (χ2v) is 6.41. The molecule has 0 spiro atoms. The molecule has 0 aliphatic carbocycles. The van der Waals surface area contributed by atoms with Gasteiger partial charge in [0.25, 0.3) is 0 Å². The maximum Gasteiger partial charge on any atom is 0.136 e. The highest BCUT2D eigenvalue weighted by Crippen LogP contribution is 2.24. The molecule has 122 valence electrons. The second kappa shape index (κ2) is 6.80. The van der Waals surface area contributed by atoms with Crippen LogP contribution in [0.4, 0.5) is 0 Å². The molecule has 1 unspecified atom stereocenters. The van der Waals surface area contributed by atoms with E-state index in [0.717, 1.165) is 47.1 Å². The Labute approximate surface area is 145 Å². The van der Waals surface area contributed by atoms with Crippen LogP contribution < -0.4 is 5.36 Å². The van der Waals surface area contributed by atoms with Crippen LogP contribution in [-0.2, 0) is 4.74 Å². The van der Waals surface area contributed by atoms with E-state index in [2.05, 4.69) is 0 Å². The minimum Gasteiger partial charge on any atom is -0.456 e. The lowest BCUT2D eigenvalue weighted by Crippen LogP contribution is -2.13. The summed E-state index contributed by atoms with van der Waals surface area (Å²) in [6, 6.07) is 17.7. The predicted octanol–water partition coefficient (Wildman–Crippen LogP) is 4.83. The number of benzene rings is 2. The molecular formula is C20H18ClNO2. The van der Waals surface area contributed by atoms with E-state index in [1.807, 2.05) is 54.6 Å². The number of fused-ring (bicyclic) bond motifs is 1. The molecule has 0 radical (unpaired) electrons. The predicted molar refractivity (Wildman–Crippen MR) is 96.1 cm³/mol. The molecule has 3 aromatic rings. The van der Waals surface area contributed by atoms with Crippen molar-refractivity contribution in [3.8, 4) is 11.3 Å². The molecule has 1 fully saturated rings. The van der Waals surface area contributed by atoms with Crippen LogP contribution in [0.25, 0.3) is 22.3 Å². The zero-order valence-electron chi connectivity index (χ0n) is 13.2. The quantitative estimate of drug-likeness (QED) is 0.684. The minimum atomic E-state index is 0.219. The molecule has 2 aromatic carbocycles. The Bertz CT molecular complexity index is 912. The third kappa shape index (κ3) is 3.23. The van der Waals surface area contributed by atoms with E-state index in [0.29, 0.717) is 11.6 Å². The highest BCUT2D eigenvalue weighted by molar-refractivity contribution is 6.31. The third-order valence-electron chi connectivity index (χ3n) is 4.25. The average molecular weight is 340 g/mol. The Morgan fingerprint density at radius 2 is 1.96 bits per heavy atom. The van der Waals surface area contributed by atoms with Crippen molar-refractivity contribution in [2.75, 3.05) is 13.2 Å². The van der Waals surface area contributed by atoms with Crippen LogP contribution in [0.3, 0.4) is 0 Å². The van der Waals surface area contributed by atoms with Crippen molar-refractivity contribution in [1.82, 2.24) is 0 Å². The lowest BCUT2D eigenvalue weighted by molar-refractivity contribution is 0.117. The van der Waals surface area contributed by atoms with Gasteiger partial charge in [0.1, 0.15) is 11.3 Å². The van der Waals surface area contributed by atoms with Crippen LogP contribution in [0.2, 0.25) is 5.02 Å². The van der Waals surface area contributed by atoms with Crippen molar-refractivity contribution in [3.63, 3.8) is 0 Å². The molecule has 3 nitrogen and oxygen atoms in total. The summed E-state index contributed by atoms with van der Waals surface area (Å²) in [5, 5.41) is 2.51. The van der Waals surface area contributed by atoms with Crippen LogP contribution in [0, 0.1) is 0 Å². The van der Waals surface area contributed by atoms with Gasteiger partial charge >= 0.3 is 0 Å². The highest BCUT2D eigenvalue weighted by atomic mass is 35.5. The summed E-state index contributed by atoms with van der Waals surface area (Å²) in [4.78, 5) is 4.80. The topological polar surface area (TPSA) is 34.7 Å². The van der Waals surface area contributed by atoms with E-state index in [-0.39, 0.29) is 6.10 Å². The van der Waals surface area contributed by atoms with E-state index < -0.39 is 0 Å². The zero-order valence-corrected chi connectivity index (χ0v) is 14.0. The van der Waals surface area contributed by atoms with Crippen LogP contribution in [0.5, 0.6) is 0 Å². The first-order valence-corrected chi connectivity index (χ1v) is 8.58. The molecule has 0 N–H and O–H groups in total. The molecule has 1 aliphatic heterocycles. The van der Waals surface area contributed by atoms with Crippen LogP contribution in [-0.4, -0.2) is 19.3 Å². The first kappa shape index (κ1) is 15.4. The molecular weight excluding hydrogens is 322 g/mol. The van der Waals surface area contributed by atoms with Crippen LogP contribution >= 0.6 is 11.6 Å². The normalized spacial score (nSPS) is 18.4. The number of ether oxygens (including phenoxy) is 1. The molecule has 1 atom stereocenters. The number of nitrogens with zero attached hydrogens (tertiary/aromatic N) is 1. The number of hydrogen-bond donors (Lipinski definition) is 0. The Morgan fingerprint density at radius 3 is 2.75 bits per heavy atom. The Kier molecular flexibility index (Phi) is 4.37. The molecule has 0 bridgehead atoms. The second-order valence-electron chi connectivity index (χ2n) is 5.98. The first-order chi connectivity index (χ1) is 11.8. The van der Waals surface area contributed by atoms with Crippen molar-refractivity contribution in [1.29, 1.82) is 0 Å². The van der Waals surface area contributed by atoms with Gasteiger partial charge in [-0.05, 0) is 31.0 Å². The van der Waals surface area contributed by atoms with Crippen molar-refractivity contribution in [3.05, 3.63) is 65.0 Å². The monoisotopic (exact) mass is 339 g/mol. The van der Waals surface area contributed by atoms with E-state index in [1.165, 1.54) is 0 Å². The number of rotatable bonds is 3. The largest absolute Gasteiger partial charge is 0.456 e. The molecule has 24 heavy (non-hydrogen) atoms. The lowest BCUT2D eigenvalue weighted by atomic mass is 10.1. The average Bonchev–Trinajstić information content (AvgIpc) is 3.14. The summed E-state index contributed by atoms with van der Waals surface area (Å²) in [7, 11) is 0. The summed E-state index contributed by atoms with van der Waals surface area (Å²) < 4.78 is 11.7. The van der Waals surface area contributed by atoms with Gasteiger partial charge in [0.05, 0.1) is 18.0 Å². The van der Waals surface area contributed by atoms with Gasteiger partial charge in [-0.15, -0.1) is 0 Å². The standard InChI is InChI=1S/C20H18ClNO2/c21-15-8-9-19-17(11-15)18(22-13-16-7-4-10-23-16)12-20(24-19)14-5-2-1-3-6-14/h1-3,5-6,8-9,11-12,16H,4,7,10,13H2. The van der Waals surface area contributed by atoms with Crippen LogP contribution in [0.1, 0.15) is 12.8 Å². The van der Waals surface area contributed by atoms with Crippen molar-refractivity contribution >= 4 is 22.6 Å². The van der Waals surface area contributed by atoms with E-state index in [4.69, 9.17) is 25.7 Å². The maximum atomic E-state index is 6.17. The highest BCUT2D eigenvalue weighted by Gasteiger charge is 2.14. The molecule has 4 rings (SSSR count). The number of hydrogen-bond acceptors (Lipinski definition) is 3. The Balaban J connectivity index is 1.85. The van der Waals surface area contributed by atoms with Gasteiger partial charge in [-0.25, -0.2) is 0 Å². The van der Waals surface area contributed by atoms with Crippen molar-refractivity contribution in [2.45, 2.75) is 18.9 Å². The molecule has 1 aromatic heterocycles. The minimum absolute atomic E-state index is 0.219. The van der Waals surface area contributed by atoms with Gasteiger partial charge in [0, 0.05) is 28.6 Å². The summed E-state index contributed by atoms with van der Waals surface area (Å²) in [6.07, 6.45) is 2.41. The van der Waals surface area contributed by atoms with Gasteiger partial charge in [0.2, 0.25) is 0 Å². The molecule has 0 amide bonds. The van der Waals surface area contributed by atoms with Gasteiger partial charge < -0.3 is 9.15 Å².